The van der Waals surface area contributed by atoms with Crippen molar-refractivity contribution in [3.8, 4) is 0 Å². The Labute approximate surface area is 117 Å². The average molecular weight is 359 g/mol. The molecule has 0 bridgehead atoms. The second-order valence-electron chi connectivity index (χ2n) is 3.45. The number of hydrogen-bond acceptors (Lipinski definition) is 3. The minimum atomic E-state index is -0.110. The molecule has 0 saturated heterocycles. The molecule has 1 aromatic heterocycles. The van der Waals surface area contributed by atoms with Gasteiger partial charge < -0.3 is 10.4 Å². The highest BCUT2D eigenvalue weighted by molar-refractivity contribution is 14.1. The molecule has 0 aliphatic heterocycles. The zero-order chi connectivity index (χ0) is 12.3. The number of anilines is 1. The molecule has 0 radical (unpaired) electrons. The first-order valence-electron chi connectivity index (χ1n) is 4.94. The Hall–Kier alpha value is -0.920. The van der Waals surface area contributed by atoms with Gasteiger partial charge in [-0.3, -0.25) is 4.79 Å². The fraction of sp³-hybridized carbons (Fsp3) is 0.0833. The van der Waals surface area contributed by atoms with Gasteiger partial charge in [0.1, 0.15) is 0 Å². The van der Waals surface area contributed by atoms with Crippen LogP contribution >= 0.6 is 33.9 Å². The van der Waals surface area contributed by atoms with E-state index in [9.17, 15) is 4.79 Å². The van der Waals surface area contributed by atoms with Gasteiger partial charge in [0.15, 0.2) is 0 Å². The maximum atomic E-state index is 11.8. The third-order valence-electron chi connectivity index (χ3n) is 2.22. The van der Waals surface area contributed by atoms with Crippen molar-refractivity contribution in [1.29, 1.82) is 0 Å². The maximum Gasteiger partial charge on any atom is 0.256 e. The highest BCUT2D eigenvalue weighted by Crippen LogP contribution is 2.18. The lowest BCUT2D eigenvalue weighted by Crippen LogP contribution is -2.10. The standard InChI is InChI=1S/C12H10INO2S/c13-11-5-9(7-17-11)12(16)14-10-3-1-8(6-15)2-4-10/h1-5,7,15H,6H2,(H,14,16). The zero-order valence-corrected chi connectivity index (χ0v) is 11.8. The molecule has 1 aromatic carbocycles. The fourth-order valence-electron chi connectivity index (χ4n) is 1.33. The Morgan fingerprint density at radius 3 is 2.59 bits per heavy atom. The number of aliphatic hydroxyl groups excluding tert-OH is 1. The van der Waals surface area contributed by atoms with E-state index < -0.39 is 0 Å². The van der Waals surface area contributed by atoms with E-state index in [0.29, 0.717) is 5.56 Å². The molecule has 2 N–H and O–H groups in total. The van der Waals surface area contributed by atoms with Crippen molar-refractivity contribution in [3.05, 3.63) is 49.7 Å². The predicted molar refractivity (Wildman–Crippen MR) is 77.4 cm³/mol. The van der Waals surface area contributed by atoms with Gasteiger partial charge in [0.05, 0.1) is 15.1 Å². The molecule has 0 aliphatic rings. The van der Waals surface area contributed by atoms with E-state index in [1.54, 1.807) is 35.6 Å². The van der Waals surface area contributed by atoms with E-state index in [1.807, 2.05) is 11.4 Å². The van der Waals surface area contributed by atoms with Gasteiger partial charge in [-0.05, 0) is 46.4 Å². The highest BCUT2D eigenvalue weighted by atomic mass is 127. The number of rotatable bonds is 3. The molecule has 1 heterocycles. The fourth-order valence-corrected chi connectivity index (χ4v) is 2.65. The third-order valence-corrected chi connectivity index (χ3v) is 4.01. The number of carbonyl (C=O) groups excluding carboxylic acids is 1. The number of benzene rings is 1. The van der Waals surface area contributed by atoms with Crippen LogP contribution in [-0.2, 0) is 6.61 Å². The number of aliphatic hydroxyl groups is 1. The minimum Gasteiger partial charge on any atom is -0.392 e. The Bertz CT molecular complexity index is 522. The van der Waals surface area contributed by atoms with Gasteiger partial charge in [-0.1, -0.05) is 12.1 Å². The minimum absolute atomic E-state index is 0.0109. The zero-order valence-electron chi connectivity index (χ0n) is 8.81. The van der Waals surface area contributed by atoms with Gasteiger partial charge in [0, 0.05) is 11.1 Å². The summed E-state index contributed by atoms with van der Waals surface area (Å²) in [7, 11) is 0. The summed E-state index contributed by atoms with van der Waals surface area (Å²) in [6.07, 6.45) is 0. The van der Waals surface area contributed by atoms with Crippen molar-refractivity contribution in [3.63, 3.8) is 0 Å². The molecule has 0 atom stereocenters. The van der Waals surface area contributed by atoms with Crippen LogP contribution in [0, 0.1) is 2.88 Å². The molecule has 0 spiro atoms. The van der Waals surface area contributed by atoms with Gasteiger partial charge in [-0.25, -0.2) is 0 Å². The molecule has 17 heavy (non-hydrogen) atoms. The van der Waals surface area contributed by atoms with E-state index in [2.05, 4.69) is 27.9 Å². The van der Waals surface area contributed by atoms with Crippen LogP contribution in [0.4, 0.5) is 5.69 Å². The van der Waals surface area contributed by atoms with Crippen LogP contribution < -0.4 is 5.32 Å². The molecule has 0 fully saturated rings. The van der Waals surface area contributed by atoms with Crippen LogP contribution in [0.15, 0.2) is 35.7 Å². The Kier molecular flexibility index (Phi) is 4.14. The number of hydrogen-bond donors (Lipinski definition) is 2. The summed E-state index contributed by atoms with van der Waals surface area (Å²) in [6.45, 7) is 0.0109. The lowest BCUT2D eigenvalue weighted by molar-refractivity contribution is 0.102. The van der Waals surface area contributed by atoms with Crippen molar-refractivity contribution >= 4 is 45.5 Å². The first-order chi connectivity index (χ1) is 8.19. The summed E-state index contributed by atoms with van der Waals surface area (Å²) in [6, 6.07) is 8.98. The van der Waals surface area contributed by atoms with E-state index in [4.69, 9.17) is 5.11 Å². The quantitative estimate of drug-likeness (QED) is 0.828. The summed E-state index contributed by atoms with van der Waals surface area (Å²) < 4.78 is 1.09. The van der Waals surface area contributed by atoms with Gasteiger partial charge in [-0.2, -0.15) is 0 Å². The Balaban J connectivity index is 2.07. The van der Waals surface area contributed by atoms with Gasteiger partial charge in [-0.15, -0.1) is 11.3 Å². The number of nitrogens with one attached hydrogen (secondary N) is 1. The van der Waals surface area contributed by atoms with Crippen molar-refractivity contribution in [2.75, 3.05) is 5.32 Å². The molecule has 88 valence electrons. The van der Waals surface area contributed by atoms with Crippen molar-refractivity contribution in [1.82, 2.24) is 0 Å². The van der Waals surface area contributed by atoms with E-state index in [0.717, 1.165) is 14.1 Å². The average Bonchev–Trinajstić information content (AvgIpc) is 2.77. The number of carbonyl (C=O) groups is 1. The largest absolute Gasteiger partial charge is 0.392 e. The van der Waals surface area contributed by atoms with E-state index in [-0.39, 0.29) is 12.5 Å². The Morgan fingerprint density at radius 2 is 2.06 bits per heavy atom. The molecule has 5 heteroatoms. The summed E-state index contributed by atoms with van der Waals surface area (Å²) >= 11 is 3.73. The number of halogens is 1. The van der Waals surface area contributed by atoms with Crippen LogP contribution in [-0.4, -0.2) is 11.0 Å². The summed E-state index contributed by atoms with van der Waals surface area (Å²) in [4.78, 5) is 11.8. The molecular formula is C12H10INO2S. The monoisotopic (exact) mass is 359 g/mol. The first-order valence-corrected chi connectivity index (χ1v) is 6.90. The summed E-state index contributed by atoms with van der Waals surface area (Å²) in [5.41, 5.74) is 2.23. The van der Waals surface area contributed by atoms with Crippen LogP contribution in [0.5, 0.6) is 0 Å². The lowest BCUT2D eigenvalue weighted by Gasteiger charge is -2.04. The van der Waals surface area contributed by atoms with E-state index in [1.165, 1.54) is 0 Å². The molecule has 2 aromatic rings. The Morgan fingerprint density at radius 1 is 1.35 bits per heavy atom. The molecule has 3 nitrogen and oxygen atoms in total. The first kappa shape index (κ1) is 12.5. The van der Waals surface area contributed by atoms with Gasteiger partial charge in [0.25, 0.3) is 5.91 Å². The van der Waals surface area contributed by atoms with E-state index >= 15 is 0 Å². The smallest absolute Gasteiger partial charge is 0.256 e. The SMILES string of the molecule is O=C(Nc1ccc(CO)cc1)c1csc(I)c1. The number of amides is 1. The topological polar surface area (TPSA) is 49.3 Å². The molecule has 0 unspecified atom stereocenters. The van der Waals surface area contributed by atoms with Crippen LogP contribution in [0.1, 0.15) is 15.9 Å². The predicted octanol–water partition coefficient (Wildman–Crippen LogP) is 3.10. The summed E-state index contributed by atoms with van der Waals surface area (Å²) in [5.74, 6) is -0.110. The van der Waals surface area contributed by atoms with Crippen LogP contribution in [0.25, 0.3) is 0 Å². The molecule has 1 amide bonds. The number of thiophene rings is 1. The second kappa shape index (κ2) is 5.61. The lowest BCUT2D eigenvalue weighted by atomic mass is 10.2. The molecular weight excluding hydrogens is 349 g/mol. The van der Waals surface area contributed by atoms with Crippen molar-refractivity contribution < 1.29 is 9.90 Å². The van der Waals surface area contributed by atoms with Crippen molar-refractivity contribution in [2.24, 2.45) is 0 Å². The van der Waals surface area contributed by atoms with Gasteiger partial charge >= 0.3 is 0 Å². The van der Waals surface area contributed by atoms with Crippen molar-refractivity contribution in [2.45, 2.75) is 6.61 Å². The van der Waals surface area contributed by atoms with Gasteiger partial charge in [0.2, 0.25) is 0 Å². The van der Waals surface area contributed by atoms with Crippen LogP contribution in [0.2, 0.25) is 0 Å². The normalized spacial score (nSPS) is 10.2. The summed E-state index contributed by atoms with van der Waals surface area (Å²) in [5, 5.41) is 13.5. The highest BCUT2D eigenvalue weighted by Gasteiger charge is 2.07. The molecule has 2 rings (SSSR count). The third kappa shape index (κ3) is 3.27. The molecule has 0 saturated carbocycles. The van der Waals surface area contributed by atoms with Crippen LogP contribution in [0.3, 0.4) is 0 Å². The molecule has 0 aliphatic carbocycles. The second-order valence-corrected chi connectivity index (χ2v) is 6.25. The maximum absolute atomic E-state index is 11.8.